The minimum atomic E-state index is -1.84. The molecule has 3 rings (SSSR count). The molecule has 0 aliphatic carbocycles. The van der Waals surface area contributed by atoms with Gasteiger partial charge in [0.25, 0.3) is 5.91 Å². The molecule has 2 aromatic rings. The average Bonchev–Trinajstić information content (AvgIpc) is 2.80. The second-order valence-corrected chi connectivity index (χ2v) is 5.59. The second-order valence-electron chi connectivity index (χ2n) is 5.15. The van der Waals surface area contributed by atoms with Crippen molar-refractivity contribution in [2.75, 3.05) is 11.9 Å². The lowest BCUT2D eigenvalue weighted by atomic mass is 9.87. The van der Waals surface area contributed by atoms with Gasteiger partial charge in [0.1, 0.15) is 0 Å². The Bertz CT molecular complexity index is 788. The van der Waals surface area contributed by atoms with Gasteiger partial charge >= 0.3 is 5.97 Å². The van der Waals surface area contributed by atoms with Gasteiger partial charge in [-0.05, 0) is 42.8 Å². The first kappa shape index (κ1) is 15.5. The van der Waals surface area contributed by atoms with E-state index < -0.39 is 17.5 Å². The number of hydrogen-bond donors (Lipinski definition) is 2. The largest absolute Gasteiger partial charge is 0.462 e. The Balaban J connectivity index is 2.03. The number of fused-ring (bicyclic) bond motifs is 1. The fourth-order valence-electron chi connectivity index (χ4n) is 2.61. The maximum Gasteiger partial charge on any atom is 0.338 e. The molecule has 0 aromatic heterocycles. The van der Waals surface area contributed by atoms with Crippen LogP contribution in [0.5, 0.6) is 0 Å². The van der Waals surface area contributed by atoms with Crippen molar-refractivity contribution < 1.29 is 19.4 Å². The van der Waals surface area contributed by atoms with Crippen molar-refractivity contribution >= 4 is 29.2 Å². The first-order chi connectivity index (χ1) is 11.0. The van der Waals surface area contributed by atoms with Gasteiger partial charge in [-0.1, -0.05) is 23.7 Å². The zero-order valence-corrected chi connectivity index (χ0v) is 13.1. The van der Waals surface area contributed by atoms with Gasteiger partial charge in [-0.2, -0.15) is 0 Å². The van der Waals surface area contributed by atoms with E-state index in [-0.39, 0.29) is 6.61 Å². The maximum absolute atomic E-state index is 12.3. The van der Waals surface area contributed by atoms with Gasteiger partial charge in [0.05, 0.1) is 12.2 Å². The van der Waals surface area contributed by atoms with Crippen molar-refractivity contribution in [1.29, 1.82) is 0 Å². The summed E-state index contributed by atoms with van der Waals surface area (Å²) in [7, 11) is 0. The smallest absolute Gasteiger partial charge is 0.338 e. The first-order valence-corrected chi connectivity index (χ1v) is 7.46. The molecule has 2 N–H and O–H groups in total. The molecule has 23 heavy (non-hydrogen) atoms. The lowest BCUT2D eigenvalue weighted by molar-refractivity contribution is -0.129. The van der Waals surface area contributed by atoms with E-state index in [0.717, 1.165) is 0 Å². The third kappa shape index (κ3) is 2.48. The number of carbonyl (C=O) groups is 2. The molecule has 0 saturated carbocycles. The molecule has 6 heteroatoms. The van der Waals surface area contributed by atoms with Gasteiger partial charge in [-0.25, -0.2) is 4.79 Å². The van der Waals surface area contributed by atoms with Crippen LogP contribution in [-0.2, 0) is 15.1 Å². The van der Waals surface area contributed by atoms with Crippen LogP contribution in [0.1, 0.15) is 28.4 Å². The Morgan fingerprint density at radius 2 is 1.96 bits per heavy atom. The molecule has 5 nitrogen and oxygen atoms in total. The van der Waals surface area contributed by atoms with E-state index in [1.54, 1.807) is 25.1 Å². The van der Waals surface area contributed by atoms with E-state index >= 15 is 0 Å². The lowest BCUT2D eigenvalue weighted by Gasteiger charge is -2.21. The van der Waals surface area contributed by atoms with Crippen LogP contribution in [0.25, 0.3) is 0 Å². The van der Waals surface area contributed by atoms with Crippen LogP contribution >= 0.6 is 11.6 Å². The molecule has 118 valence electrons. The summed E-state index contributed by atoms with van der Waals surface area (Å²) < 4.78 is 4.91. The Labute approximate surface area is 137 Å². The number of carbonyl (C=O) groups excluding carboxylic acids is 2. The van der Waals surface area contributed by atoms with Gasteiger partial charge < -0.3 is 15.2 Å². The molecule has 1 atom stereocenters. The molecule has 0 radical (unpaired) electrons. The van der Waals surface area contributed by atoms with E-state index in [9.17, 15) is 14.7 Å². The number of rotatable bonds is 3. The number of nitrogens with one attached hydrogen (secondary N) is 1. The molecule has 2 aromatic carbocycles. The number of hydrogen-bond acceptors (Lipinski definition) is 4. The van der Waals surface area contributed by atoms with Crippen LogP contribution in [0.3, 0.4) is 0 Å². The van der Waals surface area contributed by atoms with Crippen LogP contribution < -0.4 is 5.32 Å². The topological polar surface area (TPSA) is 75.6 Å². The van der Waals surface area contributed by atoms with E-state index in [2.05, 4.69) is 5.32 Å². The quantitative estimate of drug-likeness (QED) is 0.848. The zero-order chi connectivity index (χ0) is 16.6. The Kier molecular flexibility index (Phi) is 3.83. The van der Waals surface area contributed by atoms with E-state index in [1.165, 1.54) is 24.3 Å². The molecule has 0 saturated heterocycles. The molecule has 0 fully saturated rings. The molecular formula is C17H14ClNO4. The van der Waals surface area contributed by atoms with E-state index in [4.69, 9.17) is 16.3 Å². The summed E-state index contributed by atoms with van der Waals surface area (Å²) >= 11 is 5.98. The summed E-state index contributed by atoms with van der Waals surface area (Å²) in [6, 6.07) is 10.9. The number of esters is 1. The summed E-state index contributed by atoms with van der Waals surface area (Å²) in [6.45, 7) is 2.00. The van der Waals surface area contributed by atoms with Gasteiger partial charge in [0, 0.05) is 16.3 Å². The summed E-state index contributed by atoms with van der Waals surface area (Å²) in [5, 5.41) is 14.0. The van der Waals surface area contributed by atoms with Gasteiger partial charge in [0.15, 0.2) is 5.60 Å². The summed E-state index contributed by atoms with van der Waals surface area (Å²) in [4.78, 5) is 24.0. The van der Waals surface area contributed by atoms with Crippen LogP contribution in [0, 0.1) is 0 Å². The van der Waals surface area contributed by atoms with Crippen molar-refractivity contribution in [2.45, 2.75) is 12.5 Å². The van der Waals surface area contributed by atoms with Crippen molar-refractivity contribution in [3.05, 3.63) is 64.2 Å². The van der Waals surface area contributed by atoms with Crippen LogP contribution in [0.4, 0.5) is 5.69 Å². The maximum atomic E-state index is 12.3. The predicted molar refractivity (Wildman–Crippen MR) is 85.5 cm³/mol. The Morgan fingerprint density at radius 3 is 2.61 bits per heavy atom. The summed E-state index contributed by atoms with van der Waals surface area (Å²) in [5.41, 5.74) is -0.240. The highest BCUT2D eigenvalue weighted by atomic mass is 35.5. The monoisotopic (exact) mass is 331 g/mol. The SMILES string of the molecule is CCOC(=O)c1ccc(C2(O)C(=O)Nc3ccc(Cl)cc32)cc1. The van der Waals surface area contributed by atoms with E-state index in [0.29, 0.717) is 27.4 Å². The highest BCUT2D eigenvalue weighted by Gasteiger charge is 2.46. The average molecular weight is 332 g/mol. The number of benzene rings is 2. The standard InChI is InChI=1S/C17H14ClNO4/c1-2-23-15(20)10-3-5-11(6-4-10)17(22)13-9-12(18)7-8-14(13)19-16(17)21/h3-9,22H,2H2,1H3,(H,19,21). The fourth-order valence-corrected chi connectivity index (χ4v) is 2.78. The Morgan fingerprint density at radius 1 is 1.26 bits per heavy atom. The molecule has 1 aliphatic rings. The zero-order valence-electron chi connectivity index (χ0n) is 12.3. The van der Waals surface area contributed by atoms with Gasteiger partial charge in [-0.3, -0.25) is 4.79 Å². The lowest BCUT2D eigenvalue weighted by Crippen LogP contribution is -2.35. The molecule has 0 bridgehead atoms. The highest BCUT2D eigenvalue weighted by Crippen LogP contribution is 2.41. The van der Waals surface area contributed by atoms with Crippen LogP contribution in [0.2, 0.25) is 5.02 Å². The van der Waals surface area contributed by atoms with Crippen molar-refractivity contribution in [3.63, 3.8) is 0 Å². The number of aliphatic hydroxyl groups is 1. The molecule has 1 heterocycles. The van der Waals surface area contributed by atoms with Crippen LogP contribution in [0.15, 0.2) is 42.5 Å². The highest BCUT2D eigenvalue weighted by molar-refractivity contribution is 6.31. The first-order valence-electron chi connectivity index (χ1n) is 7.08. The molecule has 0 spiro atoms. The number of anilines is 1. The normalized spacial score (nSPS) is 19.2. The number of amides is 1. The van der Waals surface area contributed by atoms with E-state index in [1.807, 2.05) is 0 Å². The van der Waals surface area contributed by atoms with Crippen molar-refractivity contribution in [3.8, 4) is 0 Å². The molecular weight excluding hydrogens is 318 g/mol. The van der Waals surface area contributed by atoms with Crippen LogP contribution in [-0.4, -0.2) is 23.6 Å². The molecule has 1 unspecified atom stereocenters. The fraction of sp³-hybridized carbons (Fsp3) is 0.176. The predicted octanol–water partition coefficient (Wildman–Crippen LogP) is 2.70. The summed E-state index contributed by atoms with van der Waals surface area (Å²) in [5.74, 6) is -1.01. The minimum absolute atomic E-state index is 0.277. The third-order valence-electron chi connectivity index (χ3n) is 3.76. The second kappa shape index (κ2) is 5.68. The molecule has 1 amide bonds. The van der Waals surface area contributed by atoms with Crippen molar-refractivity contribution in [2.24, 2.45) is 0 Å². The third-order valence-corrected chi connectivity index (χ3v) is 4.00. The van der Waals surface area contributed by atoms with Gasteiger partial charge in [-0.15, -0.1) is 0 Å². The summed E-state index contributed by atoms with van der Waals surface area (Å²) in [6.07, 6.45) is 0. The van der Waals surface area contributed by atoms with Gasteiger partial charge in [0.2, 0.25) is 0 Å². The van der Waals surface area contributed by atoms with Crippen molar-refractivity contribution in [1.82, 2.24) is 0 Å². The molecule has 1 aliphatic heterocycles. The Hall–Kier alpha value is -2.37. The minimum Gasteiger partial charge on any atom is -0.462 e. The number of halogens is 1. The number of ether oxygens (including phenoxy) is 1.